The summed E-state index contributed by atoms with van der Waals surface area (Å²) in [5, 5.41) is 2.40. The lowest BCUT2D eigenvalue weighted by Crippen LogP contribution is -2.44. The summed E-state index contributed by atoms with van der Waals surface area (Å²) in [6.07, 6.45) is -2.54. The van der Waals surface area contributed by atoms with Crippen LogP contribution in [0, 0.1) is 5.92 Å². The van der Waals surface area contributed by atoms with Gasteiger partial charge in [0, 0.05) is 25.8 Å². The minimum absolute atomic E-state index is 0.117. The normalized spacial score (nSPS) is 18.8. The number of amides is 2. The third-order valence-corrected chi connectivity index (χ3v) is 3.94. The Bertz CT molecular complexity index is 652. The zero-order valence-corrected chi connectivity index (χ0v) is 13.3. The number of carbonyl (C=O) groups is 2. The van der Waals surface area contributed by atoms with Gasteiger partial charge in [0.25, 0.3) is 5.91 Å². The minimum Gasteiger partial charge on any atom is -0.369 e. The third kappa shape index (κ3) is 5.02. The topological polar surface area (TPSA) is 127 Å². The van der Waals surface area contributed by atoms with Crippen molar-refractivity contribution in [3.63, 3.8) is 0 Å². The number of likely N-dealkylation sites (tertiary alicyclic amines) is 1. The lowest BCUT2D eigenvalue weighted by Gasteiger charge is -2.31. The Labute approximate surface area is 141 Å². The second kappa shape index (κ2) is 7.64. The van der Waals surface area contributed by atoms with Gasteiger partial charge in [0.05, 0.1) is 11.5 Å². The lowest BCUT2D eigenvalue weighted by atomic mass is 9.97. The molecule has 1 fully saturated rings. The lowest BCUT2D eigenvalue weighted by molar-refractivity contribution is -0.141. The molecule has 0 radical (unpaired) electrons. The number of nitrogens with two attached hydrogens (primary N) is 2. The average molecular weight is 360 g/mol. The van der Waals surface area contributed by atoms with Crippen molar-refractivity contribution in [2.75, 3.05) is 31.9 Å². The summed E-state index contributed by atoms with van der Waals surface area (Å²) >= 11 is 0. The number of anilines is 1. The summed E-state index contributed by atoms with van der Waals surface area (Å²) < 4.78 is 38.8. The summed E-state index contributed by atoms with van der Waals surface area (Å²) in [5.41, 5.74) is 8.39. The zero-order chi connectivity index (χ0) is 18.6. The molecule has 138 valence electrons. The highest BCUT2D eigenvalue weighted by Gasteiger charge is 2.38. The number of nitrogens with one attached hydrogen (secondary N) is 1. The standard InChI is InChI=1S/C14H19F3N6O2/c15-14(16,17)10-9(6-21-13(19)22-10)12(25)20-3-5-23-4-1-2-8(7-23)11(18)24/h6,8H,1-5,7H2,(H2,18,24)(H,20,25)(H2,19,21,22). The quantitative estimate of drug-likeness (QED) is 0.678. The zero-order valence-electron chi connectivity index (χ0n) is 13.3. The molecule has 1 unspecified atom stereocenters. The van der Waals surface area contributed by atoms with E-state index in [-0.39, 0.29) is 18.4 Å². The molecule has 0 spiro atoms. The smallest absolute Gasteiger partial charge is 0.369 e. The summed E-state index contributed by atoms with van der Waals surface area (Å²) in [6.45, 7) is 1.72. The van der Waals surface area contributed by atoms with Crippen molar-refractivity contribution in [1.82, 2.24) is 20.2 Å². The van der Waals surface area contributed by atoms with E-state index >= 15 is 0 Å². The summed E-state index contributed by atoms with van der Waals surface area (Å²) in [7, 11) is 0. The first-order chi connectivity index (χ1) is 11.7. The molecule has 1 aliphatic heterocycles. The predicted molar refractivity (Wildman–Crippen MR) is 82.1 cm³/mol. The van der Waals surface area contributed by atoms with Crippen LogP contribution in [0.5, 0.6) is 0 Å². The minimum atomic E-state index is -4.81. The Morgan fingerprint density at radius 2 is 2.12 bits per heavy atom. The molecule has 0 saturated carbocycles. The van der Waals surface area contributed by atoms with E-state index in [0.29, 0.717) is 13.1 Å². The molecule has 11 heteroatoms. The van der Waals surface area contributed by atoms with E-state index in [4.69, 9.17) is 11.5 Å². The van der Waals surface area contributed by atoms with Crippen LogP contribution in [0.3, 0.4) is 0 Å². The van der Waals surface area contributed by atoms with Gasteiger partial charge in [-0.1, -0.05) is 0 Å². The number of hydrogen-bond acceptors (Lipinski definition) is 6. The van der Waals surface area contributed by atoms with E-state index in [1.807, 2.05) is 4.90 Å². The number of rotatable bonds is 5. The summed E-state index contributed by atoms with van der Waals surface area (Å²) in [5.74, 6) is -2.11. The number of halogens is 3. The Hall–Kier alpha value is -2.43. The highest BCUT2D eigenvalue weighted by Crippen LogP contribution is 2.30. The van der Waals surface area contributed by atoms with Crippen molar-refractivity contribution in [1.29, 1.82) is 0 Å². The van der Waals surface area contributed by atoms with Gasteiger partial charge in [0.15, 0.2) is 5.69 Å². The SMILES string of the molecule is NC(=O)C1CCCN(CCNC(=O)c2cnc(N)nc2C(F)(F)F)C1. The number of primary amides is 1. The van der Waals surface area contributed by atoms with E-state index in [9.17, 15) is 22.8 Å². The molecule has 1 aromatic heterocycles. The maximum atomic E-state index is 12.9. The van der Waals surface area contributed by atoms with Crippen LogP contribution in [0.4, 0.5) is 19.1 Å². The molecule has 2 amide bonds. The first kappa shape index (κ1) is 18.9. The number of piperidine rings is 1. The fraction of sp³-hybridized carbons (Fsp3) is 0.571. The molecule has 1 saturated heterocycles. The highest BCUT2D eigenvalue weighted by atomic mass is 19.4. The molecule has 2 heterocycles. The van der Waals surface area contributed by atoms with Crippen LogP contribution in [-0.4, -0.2) is 52.9 Å². The summed E-state index contributed by atoms with van der Waals surface area (Å²) in [4.78, 5) is 31.7. The number of carbonyl (C=O) groups excluding carboxylic acids is 2. The van der Waals surface area contributed by atoms with Crippen LogP contribution in [0.25, 0.3) is 0 Å². The van der Waals surface area contributed by atoms with Gasteiger partial charge in [-0.2, -0.15) is 13.2 Å². The van der Waals surface area contributed by atoms with Gasteiger partial charge >= 0.3 is 6.18 Å². The molecule has 1 aromatic rings. The van der Waals surface area contributed by atoms with E-state index in [1.54, 1.807) is 0 Å². The van der Waals surface area contributed by atoms with E-state index in [0.717, 1.165) is 25.6 Å². The van der Waals surface area contributed by atoms with Crippen molar-refractivity contribution in [2.24, 2.45) is 11.7 Å². The number of nitrogens with zero attached hydrogens (tertiary/aromatic N) is 3. The van der Waals surface area contributed by atoms with Crippen molar-refractivity contribution < 1.29 is 22.8 Å². The Morgan fingerprint density at radius 1 is 1.40 bits per heavy atom. The van der Waals surface area contributed by atoms with Gasteiger partial charge in [-0.25, -0.2) is 9.97 Å². The number of nitrogen functional groups attached to an aromatic ring is 1. The van der Waals surface area contributed by atoms with E-state index in [2.05, 4.69) is 15.3 Å². The second-order valence-electron chi connectivity index (χ2n) is 5.79. The van der Waals surface area contributed by atoms with E-state index < -0.39 is 29.3 Å². The van der Waals surface area contributed by atoms with Crippen LogP contribution >= 0.6 is 0 Å². The molecule has 0 aromatic carbocycles. The monoisotopic (exact) mass is 360 g/mol. The van der Waals surface area contributed by atoms with Crippen LogP contribution in [0.1, 0.15) is 28.9 Å². The molecule has 0 bridgehead atoms. The predicted octanol–water partition coefficient (Wildman–Crippen LogP) is 0.00470. The molecule has 8 nitrogen and oxygen atoms in total. The fourth-order valence-electron chi connectivity index (χ4n) is 2.69. The molecule has 0 aliphatic carbocycles. The largest absolute Gasteiger partial charge is 0.434 e. The van der Waals surface area contributed by atoms with Crippen molar-refractivity contribution >= 4 is 17.8 Å². The highest BCUT2D eigenvalue weighted by molar-refractivity contribution is 5.95. The first-order valence-electron chi connectivity index (χ1n) is 7.68. The van der Waals surface area contributed by atoms with Crippen LogP contribution < -0.4 is 16.8 Å². The van der Waals surface area contributed by atoms with Gasteiger partial charge in [-0.05, 0) is 19.4 Å². The van der Waals surface area contributed by atoms with Crippen molar-refractivity contribution in [3.05, 3.63) is 17.5 Å². The van der Waals surface area contributed by atoms with E-state index in [1.165, 1.54) is 0 Å². The Balaban J connectivity index is 1.94. The molecule has 25 heavy (non-hydrogen) atoms. The van der Waals surface area contributed by atoms with Gasteiger partial charge in [0.2, 0.25) is 11.9 Å². The Morgan fingerprint density at radius 3 is 2.76 bits per heavy atom. The van der Waals surface area contributed by atoms with Crippen molar-refractivity contribution in [2.45, 2.75) is 19.0 Å². The summed E-state index contributed by atoms with van der Waals surface area (Å²) in [6, 6.07) is 0. The molecular formula is C14H19F3N6O2. The number of alkyl halides is 3. The van der Waals surface area contributed by atoms with Crippen molar-refractivity contribution in [3.8, 4) is 0 Å². The maximum absolute atomic E-state index is 12.9. The van der Waals surface area contributed by atoms with Gasteiger partial charge < -0.3 is 21.7 Å². The average Bonchev–Trinajstić information content (AvgIpc) is 2.54. The number of aromatic nitrogens is 2. The van der Waals surface area contributed by atoms with Gasteiger partial charge in [-0.3, -0.25) is 9.59 Å². The van der Waals surface area contributed by atoms with Crippen LogP contribution in [0.2, 0.25) is 0 Å². The third-order valence-electron chi connectivity index (χ3n) is 3.94. The Kier molecular flexibility index (Phi) is 5.77. The molecule has 2 rings (SSSR count). The van der Waals surface area contributed by atoms with Crippen LogP contribution in [-0.2, 0) is 11.0 Å². The van der Waals surface area contributed by atoms with Gasteiger partial charge in [0.1, 0.15) is 0 Å². The molecular weight excluding hydrogens is 341 g/mol. The fourth-order valence-corrected chi connectivity index (χ4v) is 2.69. The van der Waals surface area contributed by atoms with Crippen LogP contribution in [0.15, 0.2) is 6.20 Å². The molecule has 5 N–H and O–H groups in total. The first-order valence-corrected chi connectivity index (χ1v) is 7.68. The second-order valence-corrected chi connectivity index (χ2v) is 5.79. The molecule has 1 aliphatic rings. The molecule has 1 atom stereocenters. The van der Waals surface area contributed by atoms with Gasteiger partial charge in [-0.15, -0.1) is 0 Å². The number of hydrogen-bond donors (Lipinski definition) is 3. The maximum Gasteiger partial charge on any atom is 0.434 e.